The van der Waals surface area contributed by atoms with Gasteiger partial charge in [-0.1, -0.05) is 23.7 Å². The summed E-state index contributed by atoms with van der Waals surface area (Å²) in [6.07, 6.45) is 1.38. The number of benzene rings is 1. The van der Waals surface area contributed by atoms with E-state index < -0.39 is 16.9 Å². The summed E-state index contributed by atoms with van der Waals surface area (Å²) in [4.78, 5) is 52.3. The minimum Gasteiger partial charge on any atom is -0.466 e. The van der Waals surface area contributed by atoms with Gasteiger partial charge in [-0.05, 0) is 49.6 Å². The Morgan fingerprint density at radius 2 is 1.81 bits per heavy atom. The molecule has 2 aliphatic rings. The average Bonchev–Trinajstić information content (AvgIpc) is 3.56. The second kappa shape index (κ2) is 8.78. The van der Waals surface area contributed by atoms with Gasteiger partial charge >= 0.3 is 5.97 Å². The second-order valence-electron chi connectivity index (χ2n) is 8.13. The second-order valence-corrected chi connectivity index (χ2v) is 8.56. The summed E-state index contributed by atoms with van der Waals surface area (Å²) in [5, 5.41) is 3.32. The molecule has 168 valence electrons. The van der Waals surface area contributed by atoms with Crippen LogP contribution < -0.4 is 10.9 Å². The molecular formula is C23H24ClN3O5. The lowest BCUT2D eigenvalue weighted by atomic mass is 10.1. The molecule has 0 atom stereocenters. The molecule has 1 saturated carbocycles. The molecule has 1 aromatic heterocycles. The molecule has 0 spiro atoms. The largest absolute Gasteiger partial charge is 0.466 e. The molecule has 2 amide bonds. The van der Waals surface area contributed by atoms with Gasteiger partial charge < -0.3 is 19.5 Å². The monoisotopic (exact) mass is 457 g/mol. The highest BCUT2D eigenvalue weighted by molar-refractivity contribution is 6.30. The van der Waals surface area contributed by atoms with Crippen molar-refractivity contribution >= 4 is 29.4 Å². The van der Waals surface area contributed by atoms with Crippen molar-refractivity contribution in [1.29, 1.82) is 0 Å². The zero-order valence-corrected chi connectivity index (χ0v) is 18.5. The summed E-state index contributed by atoms with van der Waals surface area (Å²) in [5.74, 6) is -1.10. The third-order valence-corrected chi connectivity index (χ3v) is 6.19. The topological polar surface area (TPSA) is 97.7 Å². The third kappa shape index (κ3) is 4.27. The lowest BCUT2D eigenvalue weighted by Crippen LogP contribution is -2.48. The molecule has 8 nitrogen and oxygen atoms in total. The molecule has 1 N–H and O–H groups in total. The van der Waals surface area contributed by atoms with Gasteiger partial charge in [0.1, 0.15) is 11.3 Å². The van der Waals surface area contributed by atoms with Gasteiger partial charge in [-0.25, -0.2) is 0 Å². The predicted octanol–water partition coefficient (Wildman–Crippen LogP) is 2.23. The van der Waals surface area contributed by atoms with Gasteiger partial charge in [-0.15, -0.1) is 0 Å². The molecule has 9 heteroatoms. The molecule has 0 radical (unpaired) electrons. The van der Waals surface area contributed by atoms with E-state index in [4.69, 9.17) is 16.3 Å². The first kappa shape index (κ1) is 22.1. The van der Waals surface area contributed by atoms with E-state index in [0.717, 1.165) is 5.56 Å². The van der Waals surface area contributed by atoms with Crippen LogP contribution in [0.3, 0.4) is 0 Å². The summed E-state index contributed by atoms with van der Waals surface area (Å²) in [7, 11) is 0. The standard InChI is InChI=1S/C23H24ClN3O5/c1-2-32-22(31)23(9-10-23)14-26-11-12-27-18(21(26)30)8-7-17(20(27)29)19(28)25-13-15-3-5-16(24)6-4-15/h3-8H,2,9-14H2,1H3,(H,25,28). The van der Waals surface area contributed by atoms with Crippen LogP contribution in [-0.4, -0.2) is 46.9 Å². The third-order valence-electron chi connectivity index (χ3n) is 5.94. The van der Waals surface area contributed by atoms with E-state index in [-0.39, 0.29) is 42.8 Å². The molecule has 0 saturated heterocycles. The molecule has 1 aliphatic heterocycles. The Bertz CT molecular complexity index is 1120. The molecule has 1 aliphatic carbocycles. The summed E-state index contributed by atoms with van der Waals surface area (Å²) in [6.45, 7) is 3.14. The maximum absolute atomic E-state index is 13.0. The first-order chi connectivity index (χ1) is 15.3. The SMILES string of the molecule is CCOC(=O)C1(CN2CCn3c(ccc(C(=O)NCc4ccc(Cl)cc4)c3=O)C2=O)CC1. The van der Waals surface area contributed by atoms with Crippen LogP contribution in [0.15, 0.2) is 41.2 Å². The van der Waals surface area contributed by atoms with Crippen LogP contribution >= 0.6 is 11.6 Å². The minimum absolute atomic E-state index is 0.0193. The Balaban J connectivity index is 1.46. The predicted molar refractivity (Wildman–Crippen MR) is 118 cm³/mol. The first-order valence-corrected chi connectivity index (χ1v) is 11.0. The van der Waals surface area contributed by atoms with Crippen molar-refractivity contribution in [2.75, 3.05) is 19.7 Å². The lowest BCUT2D eigenvalue weighted by Gasteiger charge is -2.32. The van der Waals surface area contributed by atoms with Gasteiger partial charge in [-0.2, -0.15) is 0 Å². The van der Waals surface area contributed by atoms with Gasteiger partial charge in [0.15, 0.2) is 0 Å². The van der Waals surface area contributed by atoms with E-state index in [1.165, 1.54) is 16.7 Å². The Kier molecular flexibility index (Phi) is 6.06. The Morgan fingerprint density at radius 1 is 1.09 bits per heavy atom. The lowest BCUT2D eigenvalue weighted by molar-refractivity contribution is -0.150. The van der Waals surface area contributed by atoms with Crippen molar-refractivity contribution in [1.82, 2.24) is 14.8 Å². The number of pyridine rings is 1. The Morgan fingerprint density at radius 3 is 2.47 bits per heavy atom. The number of hydrogen-bond acceptors (Lipinski definition) is 5. The van der Waals surface area contributed by atoms with E-state index in [1.54, 1.807) is 36.1 Å². The molecule has 2 aromatic rings. The zero-order valence-electron chi connectivity index (χ0n) is 17.7. The van der Waals surface area contributed by atoms with E-state index in [2.05, 4.69) is 5.32 Å². The highest BCUT2D eigenvalue weighted by atomic mass is 35.5. The van der Waals surface area contributed by atoms with Crippen molar-refractivity contribution in [3.05, 3.63) is 68.6 Å². The number of ether oxygens (including phenoxy) is 1. The molecule has 0 unspecified atom stereocenters. The summed E-state index contributed by atoms with van der Waals surface area (Å²) < 4.78 is 6.49. The Labute approximate surface area is 190 Å². The molecule has 1 fully saturated rings. The number of nitrogens with zero attached hydrogens (tertiary/aromatic N) is 2. The minimum atomic E-state index is -0.629. The number of aromatic nitrogens is 1. The smallest absolute Gasteiger partial charge is 0.313 e. The van der Waals surface area contributed by atoms with Crippen LogP contribution in [0.2, 0.25) is 5.02 Å². The number of halogens is 1. The summed E-state index contributed by atoms with van der Waals surface area (Å²) in [5.41, 5.74) is -0.0857. The van der Waals surface area contributed by atoms with E-state index in [0.29, 0.717) is 31.0 Å². The van der Waals surface area contributed by atoms with E-state index in [9.17, 15) is 19.2 Å². The molecular weight excluding hydrogens is 434 g/mol. The zero-order chi connectivity index (χ0) is 22.9. The van der Waals surface area contributed by atoms with Gasteiger partial charge in [-0.3, -0.25) is 19.2 Å². The number of carbonyl (C=O) groups excluding carboxylic acids is 3. The fraction of sp³-hybridized carbons (Fsp3) is 0.391. The van der Waals surface area contributed by atoms with Crippen molar-refractivity contribution in [3.63, 3.8) is 0 Å². The maximum Gasteiger partial charge on any atom is 0.313 e. The van der Waals surface area contributed by atoms with Crippen molar-refractivity contribution in [2.45, 2.75) is 32.9 Å². The first-order valence-electron chi connectivity index (χ1n) is 10.6. The molecule has 2 heterocycles. The number of nitrogens with one attached hydrogen (secondary N) is 1. The Hall–Kier alpha value is -3.13. The van der Waals surface area contributed by atoms with E-state index >= 15 is 0 Å². The van der Waals surface area contributed by atoms with Gasteiger partial charge in [0.2, 0.25) is 0 Å². The molecule has 4 rings (SSSR count). The van der Waals surface area contributed by atoms with Gasteiger partial charge in [0.25, 0.3) is 17.4 Å². The molecule has 32 heavy (non-hydrogen) atoms. The van der Waals surface area contributed by atoms with Crippen LogP contribution in [0, 0.1) is 5.41 Å². The quantitative estimate of drug-likeness (QED) is 0.643. The fourth-order valence-corrected chi connectivity index (χ4v) is 4.03. The number of amides is 2. The molecule has 0 bridgehead atoms. The van der Waals surface area contributed by atoms with Crippen LogP contribution in [0.5, 0.6) is 0 Å². The average molecular weight is 458 g/mol. The van der Waals surface area contributed by atoms with Crippen molar-refractivity contribution in [2.24, 2.45) is 5.41 Å². The maximum atomic E-state index is 13.0. The van der Waals surface area contributed by atoms with Gasteiger partial charge in [0, 0.05) is 31.2 Å². The normalized spacial score (nSPS) is 16.3. The molecule has 1 aromatic carbocycles. The van der Waals surface area contributed by atoms with Crippen LogP contribution in [0.4, 0.5) is 0 Å². The number of carbonyl (C=O) groups is 3. The van der Waals surface area contributed by atoms with Crippen LogP contribution in [-0.2, 0) is 22.6 Å². The van der Waals surface area contributed by atoms with Crippen molar-refractivity contribution < 1.29 is 19.1 Å². The number of fused-ring (bicyclic) bond motifs is 1. The van der Waals surface area contributed by atoms with Gasteiger partial charge in [0.05, 0.1) is 12.0 Å². The number of hydrogen-bond donors (Lipinski definition) is 1. The van der Waals surface area contributed by atoms with Crippen LogP contribution in [0.1, 0.15) is 46.2 Å². The number of esters is 1. The van der Waals surface area contributed by atoms with Crippen LogP contribution in [0.25, 0.3) is 0 Å². The fourth-order valence-electron chi connectivity index (χ4n) is 3.90. The summed E-state index contributed by atoms with van der Waals surface area (Å²) >= 11 is 5.86. The summed E-state index contributed by atoms with van der Waals surface area (Å²) in [6, 6.07) is 9.91. The highest BCUT2D eigenvalue weighted by Crippen LogP contribution is 2.47. The van der Waals surface area contributed by atoms with E-state index in [1.807, 2.05) is 0 Å². The number of rotatable bonds is 7. The van der Waals surface area contributed by atoms with Crippen molar-refractivity contribution in [3.8, 4) is 0 Å². The highest BCUT2D eigenvalue weighted by Gasteiger charge is 2.53.